The van der Waals surface area contributed by atoms with E-state index in [-0.39, 0.29) is 0 Å². The Morgan fingerprint density at radius 2 is 2.10 bits per heavy atom. The van der Waals surface area contributed by atoms with Crippen molar-refractivity contribution < 1.29 is 0 Å². The van der Waals surface area contributed by atoms with E-state index in [9.17, 15) is 0 Å². The molecule has 1 N–H and O–H groups in total. The van der Waals surface area contributed by atoms with Gasteiger partial charge in [-0.1, -0.05) is 18.7 Å². The maximum atomic E-state index is 4.04. The average molecular weight is 135 g/mol. The number of hydrogen-bond donors (Lipinski definition) is 1. The summed E-state index contributed by atoms with van der Waals surface area (Å²) < 4.78 is 0. The van der Waals surface area contributed by atoms with Gasteiger partial charge < -0.3 is 5.32 Å². The summed E-state index contributed by atoms with van der Waals surface area (Å²) in [5.74, 6) is 0. The maximum absolute atomic E-state index is 4.04. The Bertz CT molecular complexity index is 183. The van der Waals surface area contributed by atoms with Gasteiger partial charge in [0.1, 0.15) is 0 Å². The molecule has 0 unspecified atom stereocenters. The van der Waals surface area contributed by atoms with E-state index in [2.05, 4.69) is 24.0 Å². The predicted molar refractivity (Wildman–Crippen MR) is 42.6 cm³/mol. The standard InChI is InChI=1S/C9H13N/c1-8-9(6-7-10-8)4-2-3-5-9/h2-3,10H,1,4-7H2. The van der Waals surface area contributed by atoms with Crippen molar-refractivity contribution in [2.45, 2.75) is 19.3 Å². The van der Waals surface area contributed by atoms with Gasteiger partial charge in [-0.05, 0) is 19.3 Å². The first-order chi connectivity index (χ1) is 4.83. The molecule has 10 heavy (non-hydrogen) atoms. The van der Waals surface area contributed by atoms with Crippen molar-refractivity contribution in [3.8, 4) is 0 Å². The van der Waals surface area contributed by atoms with Crippen LogP contribution in [0.15, 0.2) is 24.4 Å². The van der Waals surface area contributed by atoms with E-state index in [1.165, 1.54) is 25.0 Å². The third kappa shape index (κ3) is 0.634. The normalized spacial score (nSPS) is 27.8. The molecular formula is C9H13N. The van der Waals surface area contributed by atoms with Gasteiger partial charge in [-0.2, -0.15) is 0 Å². The zero-order valence-electron chi connectivity index (χ0n) is 6.19. The Kier molecular flexibility index (Phi) is 1.13. The molecule has 2 aliphatic rings. The lowest BCUT2D eigenvalue weighted by Gasteiger charge is -2.22. The van der Waals surface area contributed by atoms with Gasteiger partial charge in [-0.25, -0.2) is 0 Å². The highest BCUT2D eigenvalue weighted by Crippen LogP contribution is 2.44. The molecule has 0 amide bonds. The van der Waals surface area contributed by atoms with Gasteiger partial charge >= 0.3 is 0 Å². The second-order valence-corrected chi connectivity index (χ2v) is 3.32. The molecule has 1 nitrogen and oxygen atoms in total. The molecule has 0 bridgehead atoms. The molecular weight excluding hydrogens is 122 g/mol. The monoisotopic (exact) mass is 135 g/mol. The largest absolute Gasteiger partial charge is 0.388 e. The van der Waals surface area contributed by atoms with E-state index >= 15 is 0 Å². The van der Waals surface area contributed by atoms with Crippen LogP contribution in [0.5, 0.6) is 0 Å². The lowest BCUT2D eigenvalue weighted by atomic mass is 9.82. The topological polar surface area (TPSA) is 12.0 Å². The molecule has 0 atom stereocenters. The van der Waals surface area contributed by atoms with Crippen LogP contribution in [0.3, 0.4) is 0 Å². The zero-order chi connectivity index (χ0) is 7.03. The molecule has 1 aliphatic heterocycles. The summed E-state index contributed by atoms with van der Waals surface area (Å²) in [7, 11) is 0. The Labute approximate surface area is 61.8 Å². The summed E-state index contributed by atoms with van der Waals surface area (Å²) in [6, 6.07) is 0. The second kappa shape index (κ2) is 1.88. The molecule has 1 heteroatoms. The van der Waals surface area contributed by atoms with Crippen LogP contribution in [-0.4, -0.2) is 6.54 Å². The second-order valence-electron chi connectivity index (χ2n) is 3.32. The lowest BCUT2D eigenvalue weighted by Crippen LogP contribution is -2.16. The average Bonchev–Trinajstić information content (AvgIpc) is 2.48. The number of rotatable bonds is 0. The molecule has 1 fully saturated rings. The van der Waals surface area contributed by atoms with E-state index < -0.39 is 0 Å². The van der Waals surface area contributed by atoms with Crippen LogP contribution in [0.1, 0.15) is 19.3 Å². The van der Waals surface area contributed by atoms with Gasteiger partial charge in [0.2, 0.25) is 0 Å². The van der Waals surface area contributed by atoms with Gasteiger partial charge in [0.25, 0.3) is 0 Å². The van der Waals surface area contributed by atoms with Crippen LogP contribution in [0, 0.1) is 5.41 Å². The third-order valence-corrected chi connectivity index (χ3v) is 2.77. The van der Waals surface area contributed by atoms with Crippen LogP contribution < -0.4 is 5.32 Å². The van der Waals surface area contributed by atoms with E-state index in [0.717, 1.165) is 6.54 Å². The zero-order valence-corrected chi connectivity index (χ0v) is 6.19. The van der Waals surface area contributed by atoms with Crippen molar-refractivity contribution in [2.75, 3.05) is 6.54 Å². The highest BCUT2D eigenvalue weighted by atomic mass is 14.9. The van der Waals surface area contributed by atoms with Gasteiger partial charge in [0, 0.05) is 17.7 Å². The Hall–Kier alpha value is -0.720. The first-order valence-electron chi connectivity index (χ1n) is 3.92. The fourth-order valence-electron chi connectivity index (χ4n) is 1.94. The first-order valence-corrected chi connectivity index (χ1v) is 3.92. The van der Waals surface area contributed by atoms with Gasteiger partial charge in [-0.3, -0.25) is 0 Å². The van der Waals surface area contributed by atoms with Crippen LogP contribution in [0.25, 0.3) is 0 Å². The number of hydrogen-bond acceptors (Lipinski definition) is 1. The quantitative estimate of drug-likeness (QED) is 0.500. The molecule has 1 heterocycles. The number of nitrogens with one attached hydrogen (secondary N) is 1. The van der Waals surface area contributed by atoms with Gasteiger partial charge in [-0.15, -0.1) is 0 Å². The summed E-state index contributed by atoms with van der Waals surface area (Å²) in [4.78, 5) is 0. The third-order valence-electron chi connectivity index (χ3n) is 2.77. The van der Waals surface area contributed by atoms with E-state index in [4.69, 9.17) is 0 Å². The molecule has 1 spiro atoms. The van der Waals surface area contributed by atoms with E-state index in [1.807, 2.05) is 0 Å². The van der Waals surface area contributed by atoms with Gasteiger partial charge in [0.05, 0.1) is 0 Å². The van der Waals surface area contributed by atoms with Crippen molar-refractivity contribution in [2.24, 2.45) is 5.41 Å². The first kappa shape index (κ1) is 6.02. The molecule has 0 radical (unpaired) electrons. The van der Waals surface area contributed by atoms with Crippen LogP contribution in [0.2, 0.25) is 0 Å². The fourth-order valence-corrected chi connectivity index (χ4v) is 1.94. The molecule has 0 saturated carbocycles. The molecule has 0 aromatic heterocycles. The van der Waals surface area contributed by atoms with Crippen molar-refractivity contribution in [3.05, 3.63) is 24.4 Å². The maximum Gasteiger partial charge on any atom is 0.0180 e. The minimum atomic E-state index is 0.431. The summed E-state index contributed by atoms with van der Waals surface area (Å²) in [5.41, 5.74) is 1.69. The van der Waals surface area contributed by atoms with Crippen LogP contribution >= 0.6 is 0 Å². The minimum Gasteiger partial charge on any atom is -0.388 e. The van der Waals surface area contributed by atoms with Crippen molar-refractivity contribution in [1.29, 1.82) is 0 Å². The van der Waals surface area contributed by atoms with E-state index in [0.29, 0.717) is 5.41 Å². The van der Waals surface area contributed by atoms with Crippen LogP contribution in [-0.2, 0) is 0 Å². The highest BCUT2D eigenvalue weighted by molar-refractivity contribution is 5.21. The number of allylic oxidation sites excluding steroid dienone is 3. The minimum absolute atomic E-state index is 0.431. The van der Waals surface area contributed by atoms with E-state index in [1.54, 1.807) is 0 Å². The Balaban J connectivity index is 2.22. The van der Waals surface area contributed by atoms with Crippen LogP contribution in [0.4, 0.5) is 0 Å². The summed E-state index contributed by atoms with van der Waals surface area (Å²) in [6.45, 7) is 5.16. The summed E-state index contributed by atoms with van der Waals surface area (Å²) in [6.07, 6.45) is 8.24. The van der Waals surface area contributed by atoms with Crippen molar-refractivity contribution in [1.82, 2.24) is 5.32 Å². The molecule has 54 valence electrons. The SMILES string of the molecule is C=C1NCCC12CC=CC2. The molecule has 2 rings (SSSR count). The smallest absolute Gasteiger partial charge is 0.0180 e. The predicted octanol–water partition coefficient (Wildman–Crippen LogP) is 1.83. The fraction of sp³-hybridized carbons (Fsp3) is 0.556. The molecule has 1 saturated heterocycles. The summed E-state index contributed by atoms with van der Waals surface area (Å²) in [5, 5.41) is 3.32. The van der Waals surface area contributed by atoms with Crippen molar-refractivity contribution in [3.63, 3.8) is 0 Å². The lowest BCUT2D eigenvalue weighted by molar-refractivity contribution is 0.403. The Morgan fingerprint density at radius 1 is 1.40 bits per heavy atom. The van der Waals surface area contributed by atoms with Crippen molar-refractivity contribution >= 4 is 0 Å². The molecule has 1 aliphatic carbocycles. The molecule has 0 aromatic rings. The summed E-state index contributed by atoms with van der Waals surface area (Å²) >= 11 is 0. The Morgan fingerprint density at radius 3 is 2.60 bits per heavy atom. The molecule has 0 aromatic carbocycles. The highest BCUT2D eigenvalue weighted by Gasteiger charge is 2.37. The van der Waals surface area contributed by atoms with Gasteiger partial charge in [0.15, 0.2) is 0 Å².